The molecule has 3 heteroatoms. The predicted octanol–water partition coefficient (Wildman–Crippen LogP) is 3.07. The Kier molecular flexibility index (Phi) is 3.60. The molecule has 1 aromatic rings. The Balaban J connectivity index is 1.79. The monoisotopic (exact) mass is 264 g/mol. The Labute approximate surface area is 114 Å². The zero-order valence-electron chi connectivity index (χ0n) is 10.7. The van der Waals surface area contributed by atoms with E-state index in [1.165, 1.54) is 37.9 Å². The molecule has 3 atom stereocenters. The average Bonchev–Trinajstić information content (AvgIpc) is 2.93. The standard InChI is InChI=1S/C15H21ClN2/c16-14-7-2-1-6-13(14)15(8-17)18-9-11-4-3-5-12(11)10-18/h1-2,6-7,11-12,15H,3-5,8-10,17H2. The number of halogens is 1. The van der Waals surface area contributed by atoms with Crippen LogP contribution in [0.4, 0.5) is 0 Å². The van der Waals surface area contributed by atoms with Gasteiger partial charge in [0.25, 0.3) is 0 Å². The first-order valence-corrected chi connectivity index (χ1v) is 7.36. The van der Waals surface area contributed by atoms with E-state index in [1.54, 1.807) is 0 Å². The van der Waals surface area contributed by atoms with E-state index in [0.29, 0.717) is 12.6 Å². The fraction of sp³-hybridized carbons (Fsp3) is 0.600. The van der Waals surface area contributed by atoms with Crippen LogP contribution >= 0.6 is 11.6 Å². The minimum absolute atomic E-state index is 0.296. The third-order valence-corrected chi connectivity index (χ3v) is 5.03. The molecule has 1 saturated carbocycles. The first-order chi connectivity index (χ1) is 8.79. The number of hydrogen-bond acceptors (Lipinski definition) is 2. The number of fused-ring (bicyclic) bond motifs is 1. The van der Waals surface area contributed by atoms with Crippen LogP contribution in [0, 0.1) is 11.8 Å². The third kappa shape index (κ3) is 2.18. The van der Waals surface area contributed by atoms with Gasteiger partial charge in [0.15, 0.2) is 0 Å². The second-order valence-corrected chi connectivity index (χ2v) is 6.09. The van der Waals surface area contributed by atoms with E-state index in [4.69, 9.17) is 17.3 Å². The molecule has 98 valence electrons. The van der Waals surface area contributed by atoms with Gasteiger partial charge in [-0.3, -0.25) is 4.90 Å². The van der Waals surface area contributed by atoms with Gasteiger partial charge in [0.1, 0.15) is 0 Å². The number of nitrogens with two attached hydrogens (primary N) is 1. The van der Waals surface area contributed by atoms with Crippen LogP contribution < -0.4 is 5.73 Å². The van der Waals surface area contributed by atoms with Crippen molar-refractivity contribution in [1.82, 2.24) is 4.90 Å². The lowest BCUT2D eigenvalue weighted by atomic mass is 10.0. The maximum absolute atomic E-state index is 6.31. The lowest BCUT2D eigenvalue weighted by molar-refractivity contribution is 0.232. The van der Waals surface area contributed by atoms with Crippen LogP contribution in [-0.2, 0) is 0 Å². The Hall–Kier alpha value is -0.570. The van der Waals surface area contributed by atoms with Gasteiger partial charge < -0.3 is 5.73 Å². The highest BCUT2D eigenvalue weighted by Crippen LogP contribution is 2.41. The molecule has 0 aromatic heterocycles. The van der Waals surface area contributed by atoms with Crippen molar-refractivity contribution in [1.29, 1.82) is 0 Å². The van der Waals surface area contributed by atoms with Gasteiger partial charge in [-0.25, -0.2) is 0 Å². The molecule has 0 amide bonds. The van der Waals surface area contributed by atoms with Gasteiger partial charge in [0.2, 0.25) is 0 Å². The van der Waals surface area contributed by atoms with Crippen molar-refractivity contribution in [2.24, 2.45) is 17.6 Å². The molecule has 2 N–H and O–H groups in total. The second-order valence-electron chi connectivity index (χ2n) is 5.68. The van der Waals surface area contributed by atoms with E-state index < -0.39 is 0 Å². The summed E-state index contributed by atoms with van der Waals surface area (Å²) >= 11 is 6.31. The quantitative estimate of drug-likeness (QED) is 0.909. The molecule has 2 aliphatic rings. The van der Waals surface area contributed by atoms with E-state index in [1.807, 2.05) is 12.1 Å². The maximum atomic E-state index is 6.31. The summed E-state index contributed by atoms with van der Waals surface area (Å²) in [7, 11) is 0. The number of nitrogens with zero attached hydrogens (tertiary/aromatic N) is 1. The summed E-state index contributed by atoms with van der Waals surface area (Å²) in [5.41, 5.74) is 7.20. The van der Waals surface area contributed by atoms with Crippen molar-refractivity contribution in [3.05, 3.63) is 34.9 Å². The van der Waals surface area contributed by atoms with Crippen LogP contribution in [-0.4, -0.2) is 24.5 Å². The van der Waals surface area contributed by atoms with Crippen molar-refractivity contribution in [3.8, 4) is 0 Å². The fourth-order valence-corrected chi connectivity index (χ4v) is 4.01. The molecule has 1 aliphatic carbocycles. The van der Waals surface area contributed by atoms with E-state index in [2.05, 4.69) is 17.0 Å². The molecular weight excluding hydrogens is 244 g/mol. The van der Waals surface area contributed by atoms with Crippen molar-refractivity contribution in [2.45, 2.75) is 25.3 Å². The number of hydrogen-bond donors (Lipinski definition) is 1. The van der Waals surface area contributed by atoms with Crippen molar-refractivity contribution < 1.29 is 0 Å². The summed E-state index contributed by atoms with van der Waals surface area (Å²) in [6.07, 6.45) is 4.23. The largest absolute Gasteiger partial charge is 0.329 e. The lowest BCUT2D eigenvalue weighted by Crippen LogP contribution is -2.32. The average molecular weight is 265 g/mol. The van der Waals surface area contributed by atoms with Crippen LogP contribution in [0.25, 0.3) is 0 Å². The molecule has 1 aliphatic heterocycles. The fourth-order valence-electron chi connectivity index (χ4n) is 3.74. The van der Waals surface area contributed by atoms with E-state index >= 15 is 0 Å². The molecular formula is C15H21ClN2. The Bertz CT molecular complexity index is 409. The van der Waals surface area contributed by atoms with Crippen LogP contribution in [0.1, 0.15) is 30.9 Å². The summed E-state index contributed by atoms with van der Waals surface area (Å²) < 4.78 is 0. The van der Waals surface area contributed by atoms with Crippen molar-refractivity contribution in [3.63, 3.8) is 0 Å². The number of benzene rings is 1. The highest BCUT2D eigenvalue weighted by Gasteiger charge is 2.38. The minimum atomic E-state index is 0.296. The maximum Gasteiger partial charge on any atom is 0.0485 e. The van der Waals surface area contributed by atoms with Crippen LogP contribution in [0.2, 0.25) is 5.02 Å². The minimum Gasteiger partial charge on any atom is -0.329 e. The number of likely N-dealkylation sites (tertiary alicyclic amines) is 1. The molecule has 1 aromatic carbocycles. The molecule has 3 unspecified atom stereocenters. The van der Waals surface area contributed by atoms with Crippen molar-refractivity contribution >= 4 is 11.6 Å². The molecule has 0 radical (unpaired) electrons. The van der Waals surface area contributed by atoms with Gasteiger partial charge in [0.05, 0.1) is 0 Å². The van der Waals surface area contributed by atoms with Gasteiger partial charge in [-0.1, -0.05) is 36.2 Å². The molecule has 3 rings (SSSR count). The second kappa shape index (κ2) is 5.20. The van der Waals surface area contributed by atoms with Gasteiger partial charge in [0, 0.05) is 30.7 Å². The first kappa shape index (κ1) is 12.5. The van der Waals surface area contributed by atoms with Gasteiger partial charge in [-0.15, -0.1) is 0 Å². The smallest absolute Gasteiger partial charge is 0.0485 e. The van der Waals surface area contributed by atoms with Gasteiger partial charge in [-0.05, 0) is 36.3 Å². The van der Waals surface area contributed by atoms with Crippen LogP contribution in [0.5, 0.6) is 0 Å². The van der Waals surface area contributed by atoms with E-state index in [0.717, 1.165) is 16.9 Å². The Morgan fingerprint density at radius 3 is 2.50 bits per heavy atom. The molecule has 0 bridgehead atoms. The third-order valence-electron chi connectivity index (χ3n) is 4.68. The first-order valence-electron chi connectivity index (χ1n) is 6.98. The van der Waals surface area contributed by atoms with Gasteiger partial charge in [-0.2, -0.15) is 0 Å². The summed E-state index contributed by atoms with van der Waals surface area (Å²) in [4.78, 5) is 2.55. The molecule has 18 heavy (non-hydrogen) atoms. The zero-order valence-corrected chi connectivity index (χ0v) is 11.4. The molecule has 0 spiro atoms. The molecule has 2 nitrogen and oxygen atoms in total. The lowest BCUT2D eigenvalue weighted by Gasteiger charge is -2.28. The number of rotatable bonds is 3. The Morgan fingerprint density at radius 1 is 1.22 bits per heavy atom. The van der Waals surface area contributed by atoms with Gasteiger partial charge >= 0.3 is 0 Å². The van der Waals surface area contributed by atoms with E-state index in [-0.39, 0.29) is 0 Å². The highest BCUT2D eigenvalue weighted by molar-refractivity contribution is 6.31. The molecule has 2 fully saturated rings. The van der Waals surface area contributed by atoms with Crippen molar-refractivity contribution in [2.75, 3.05) is 19.6 Å². The Morgan fingerprint density at radius 2 is 1.89 bits per heavy atom. The topological polar surface area (TPSA) is 29.3 Å². The predicted molar refractivity (Wildman–Crippen MR) is 75.7 cm³/mol. The summed E-state index contributed by atoms with van der Waals surface area (Å²) in [6, 6.07) is 8.42. The molecule has 1 heterocycles. The SMILES string of the molecule is NCC(c1ccccc1Cl)N1CC2CCCC2C1. The van der Waals surface area contributed by atoms with Crippen LogP contribution in [0.15, 0.2) is 24.3 Å². The summed E-state index contributed by atoms with van der Waals surface area (Å²) in [5.74, 6) is 1.81. The zero-order chi connectivity index (χ0) is 12.5. The van der Waals surface area contributed by atoms with Crippen LogP contribution in [0.3, 0.4) is 0 Å². The highest BCUT2D eigenvalue weighted by atomic mass is 35.5. The molecule has 1 saturated heterocycles. The summed E-state index contributed by atoms with van der Waals surface area (Å²) in [5, 5.41) is 0.852. The summed E-state index contributed by atoms with van der Waals surface area (Å²) in [6.45, 7) is 3.07. The van der Waals surface area contributed by atoms with E-state index in [9.17, 15) is 0 Å². The normalized spacial score (nSPS) is 29.4.